The second kappa shape index (κ2) is 6.66. The van der Waals surface area contributed by atoms with E-state index in [0.717, 1.165) is 15.6 Å². The minimum absolute atomic E-state index is 0.285. The summed E-state index contributed by atoms with van der Waals surface area (Å²) in [6.07, 6.45) is 1.62. The van der Waals surface area contributed by atoms with Crippen LogP contribution in [0.5, 0.6) is 0 Å². The molecule has 0 radical (unpaired) electrons. The molecule has 0 saturated heterocycles. The van der Waals surface area contributed by atoms with Crippen molar-refractivity contribution in [2.45, 2.75) is 11.4 Å². The average Bonchev–Trinajstić information content (AvgIpc) is 3.07. The second-order valence-electron chi connectivity index (χ2n) is 5.17. The summed E-state index contributed by atoms with van der Waals surface area (Å²) in [5.74, 6) is 0. The zero-order chi connectivity index (χ0) is 16.3. The van der Waals surface area contributed by atoms with E-state index in [0.29, 0.717) is 11.4 Å². The molecule has 0 fully saturated rings. The summed E-state index contributed by atoms with van der Waals surface area (Å²) in [7, 11) is -3.56. The first-order valence-corrected chi connectivity index (χ1v) is 9.55. The SMILES string of the molecule is C=CCN(Cc1cccs1)S(=O)(=O)c1ccc2ccccc2c1. The van der Waals surface area contributed by atoms with E-state index in [9.17, 15) is 8.42 Å². The summed E-state index contributed by atoms with van der Waals surface area (Å²) in [5, 5.41) is 3.90. The summed E-state index contributed by atoms with van der Waals surface area (Å²) >= 11 is 1.55. The van der Waals surface area contributed by atoms with Crippen LogP contribution in [0.1, 0.15) is 4.88 Å². The Bertz CT molecular complexity index is 915. The van der Waals surface area contributed by atoms with Gasteiger partial charge in [0, 0.05) is 18.0 Å². The Morgan fingerprint density at radius 3 is 2.52 bits per heavy atom. The lowest BCUT2D eigenvalue weighted by Gasteiger charge is -2.20. The summed E-state index contributed by atoms with van der Waals surface area (Å²) in [6.45, 7) is 4.33. The van der Waals surface area contributed by atoms with Crippen molar-refractivity contribution < 1.29 is 8.42 Å². The molecule has 0 aliphatic rings. The average molecular weight is 343 g/mol. The first-order chi connectivity index (χ1) is 11.1. The highest BCUT2D eigenvalue weighted by Crippen LogP contribution is 2.24. The highest BCUT2D eigenvalue weighted by atomic mass is 32.2. The summed E-state index contributed by atoms with van der Waals surface area (Å²) < 4.78 is 27.4. The summed E-state index contributed by atoms with van der Waals surface area (Å²) in [5.41, 5.74) is 0. The van der Waals surface area contributed by atoms with Crippen LogP contribution in [-0.4, -0.2) is 19.3 Å². The first kappa shape index (κ1) is 15.9. The summed E-state index contributed by atoms with van der Waals surface area (Å²) in [4.78, 5) is 1.32. The van der Waals surface area contributed by atoms with Gasteiger partial charge in [-0.3, -0.25) is 0 Å². The fourth-order valence-electron chi connectivity index (χ4n) is 2.44. The number of hydrogen-bond donors (Lipinski definition) is 0. The lowest BCUT2D eigenvalue weighted by atomic mass is 10.1. The van der Waals surface area contributed by atoms with E-state index in [-0.39, 0.29) is 6.54 Å². The van der Waals surface area contributed by atoms with Crippen LogP contribution in [0, 0.1) is 0 Å². The Balaban J connectivity index is 1.99. The Kier molecular flexibility index (Phi) is 4.61. The molecular formula is C18H17NO2S2. The van der Waals surface area contributed by atoms with Gasteiger partial charge in [0.25, 0.3) is 0 Å². The quantitative estimate of drug-likeness (QED) is 0.627. The molecule has 3 rings (SSSR count). The van der Waals surface area contributed by atoms with Crippen molar-refractivity contribution in [3.05, 3.63) is 77.5 Å². The molecule has 0 amide bonds. The highest BCUT2D eigenvalue weighted by molar-refractivity contribution is 7.89. The van der Waals surface area contributed by atoms with Gasteiger partial charge in [-0.2, -0.15) is 4.31 Å². The number of nitrogens with zero attached hydrogens (tertiary/aromatic N) is 1. The van der Waals surface area contributed by atoms with Crippen LogP contribution in [0.4, 0.5) is 0 Å². The second-order valence-corrected chi connectivity index (χ2v) is 8.14. The molecule has 0 atom stereocenters. The Morgan fingerprint density at radius 1 is 1.04 bits per heavy atom. The van der Waals surface area contributed by atoms with Crippen molar-refractivity contribution in [1.82, 2.24) is 4.31 Å². The van der Waals surface area contributed by atoms with Crippen molar-refractivity contribution in [2.75, 3.05) is 6.54 Å². The molecule has 1 heterocycles. The fraction of sp³-hybridized carbons (Fsp3) is 0.111. The molecule has 0 saturated carbocycles. The maximum absolute atomic E-state index is 13.0. The van der Waals surface area contributed by atoms with Crippen molar-refractivity contribution >= 4 is 32.1 Å². The van der Waals surface area contributed by atoms with Gasteiger partial charge in [-0.1, -0.05) is 42.5 Å². The standard InChI is InChI=1S/C18H17NO2S2/c1-2-11-19(14-17-8-5-12-22-17)23(20,21)18-10-9-15-6-3-4-7-16(15)13-18/h2-10,12-13H,1,11,14H2. The van der Waals surface area contributed by atoms with Crippen molar-refractivity contribution in [3.63, 3.8) is 0 Å². The minimum Gasteiger partial charge on any atom is -0.207 e. The summed E-state index contributed by atoms with van der Waals surface area (Å²) in [6, 6.07) is 16.9. The number of sulfonamides is 1. The largest absolute Gasteiger partial charge is 0.243 e. The van der Waals surface area contributed by atoms with Crippen LogP contribution >= 0.6 is 11.3 Å². The number of fused-ring (bicyclic) bond motifs is 1. The van der Waals surface area contributed by atoms with Gasteiger partial charge >= 0.3 is 0 Å². The molecule has 0 bridgehead atoms. The molecule has 0 N–H and O–H groups in total. The Labute approximate surface area is 140 Å². The van der Waals surface area contributed by atoms with Crippen LogP contribution in [0.3, 0.4) is 0 Å². The lowest BCUT2D eigenvalue weighted by Crippen LogP contribution is -2.30. The predicted octanol–water partition coefficient (Wildman–Crippen LogP) is 4.28. The lowest BCUT2D eigenvalue weighted by molar-refractivity contribution is 0.441. The van der Waals surface area contributed by atoms with E-state index >= 15 is 0 Å². The molecule has 0 aliphatic heterocycles. The molecule has 5 heteroatoms. The zero-order valence-corrected chi connectivity index (χ0v) is 14.2. The van der Waals surface area contributed by atoms with Gasteiger partial charge in [0.1, 0.15) is 0 Å². The third-order valence-electron chi connectivity index (χ3n) is 3.60. The van der Waals surface area contributed by atoms with Crippen LogP contribution in [0.25, 0.3) is 10.8 Å². The molecule has 0 spiro atoms. The molecular weight excluding hydrogens is 326 g/mol. The topological polar surface area (TPSA) is 37.4 Å². The van der Waals surface area contributed by atoms with E-state index in [2.05, 4.69) is 6.58 Å². The van der Waals surface area contributed by atoms with Gasteiger partial charge in [0.2, 0.25) is 10.0 Å². The highest BCUT2D eigenvalue weighted by Gasteiger charge is 2.24. The zero-order valence-electron chi connectivity index (χ0n) is 12.6. The van der Waals surface area contributed by atoms with Gasteiger partial charge in [0.05, 0.1) is 4.90 Å². The molecule has 23 heavy (non-hydrogen) atoms. The molecule has 1 aromatic heterocycles. The van der Waals surface area contributed by atoms with Crippen LogP contribution in [0.15, 0.2) is 77.5 Å². The van der Waals surface area contributed by atoms with Crippen LogP contribution in [0.2, 0.25) is 0 Å². The molecule has 3 nitrogen and oxygen atoms in total. The molecule has 118 valence electrons. The molecule has 0 unspecified atom stereocenters. The maximum atomic E-state index is 13.0. The number of thiophene rings is 1. The van der Waals surface area contributed by atoms with E-state index < -0.39 is 10.0 Å². The smallest absolute Gasteiger partial charge is 0.207 e. The normalized spacial score (nSPS) is 11.9. The van der Waals surface area contributed by atoms with Gasteiger partial charge in [0.15, 0.2) is 0 Å². The Morgan fingerprint density at radius 2 is 1.83 bits per heavy atom. The van der Waals surface area contributed by atoms with Crippen molar-refractivity contribution in [3.8, 4) is 0 Å². The van der Waals surface area contributed by atoms with E-state index in [4.69, 9.17) is 0 Å². The number of hydrogen-bond acceptors (Lipinski definition) is 3. The van der Waals surface area contributed by atoms with E-state index in [1.165, 1.54) is 4.31 Å². The van der Waals surface area contributed by atoms with Gasteiger partial charge in [-0.25, -0.2) is 8.42 Å². The third-order valence-corrected chi connectivity index (χ3v) is 6.27. The first-order valence-electron chi connectivity index (χ1n) is 7.23. The van der Waals surface area contributed by atoms with E-state index in [1.54, 1.807) is 29.5 Å². The van der Waals surface area contributed by atoms with E-state index in [1.807, 2.05) is 47.8 Å². The predicted molar refractivity (Wildman–Crippen MR) is 96.1 cm³/mol. The monoisotopic (exact) mass is 343 g/mol. The van der Waals surface area contributed by atoms with Crippen molar-refractivity contribution in [1.29, 1.82) is 0 Å². The molecule has 2 aromatic carbocycles. The van der Waals surface area contributed by atoms with Crippen molar-refractivity contribution in [2.24, 2.45) is 0 Å². The van der Waals surface area contributed by atoms with Gasteiger partial charge in [-0.05, 0) is 34.4 Å². The van der Waals surface area contributed by atoms with Gasteiger partial charge < -0.3 is 0 Å². The Hall–Kier alpha value is -1.95. The van der Waals surface area contributed by atoms with Crippen LogP contribution in [-0.2, 0) is 16.6 Å². The van der Waals surface area contributed by atoms with Crippen LogP contribution < -0.4 is 0 Å². The minimum atomic E-state index is -3.56. The molecule has 3 aromatic rings. The number of benzene rings is 2. The maximum Gasteiger partial charge on any atom is 0.243 e. The molecule has 0 aliphatic carbocycles. The van der Waals surface area contributed by atoms with Gasteiger partial charge in [-0.15, -0.1) is 17.9 Å². The fourth-order valence-corrected chi connectivity index (χ4v) is 4.67. The number of rotatable bonds is 6. The third kappa shape index (κ3) is 3.37.